The lowest BCUT2D eigenvalue weighted by atomic mass is 10.2. The molecule has 0 spiro atoms. The highest BCUT2D eigenvalue weighted by Gasteiger charge is 2.17. The number of nitrogens with zero attached hydrogens (tertiary/aromatic N) is 1. The van der Waals surface area contributed by atoms with Crippen molar-refractivity contribution < 1.29 is 0 Å². The second-order valence-electron chi connectivity index (χ2n) is 4.04. The first-order chi connectivity index (χ1) is 6.38. The quantitative estimate of drug-likeness (QED) is 0.720. The minimum atomic E-state index is 0.647. The summed E-state index contributed by atoms with van der Waals surface area (Å²) in [6, 6.07) is 0. The monoisotopic (exact) mass is 184 g/mol. The van der Waals surface area contributed by atoms with E-state index in [1.807, 2.05) is 0 Å². The maximum absolute atomic E-state index is 3.43. The summed E-state index contributed by atoms with van der Waals surface area (Å²) in [4.78, 5) is 2.62. The molecule has 0 saturated carbocycles. The van der Waals surface area contributed by atoms with Crippen molar-refractivity contribution in [3.8, 4) is 0 Å². The molecule has 1 aliphatic heterocycles. The van der Waals surface area contributed by atoms with Crippen molar-refractivity contribution in [2.24, 2.45) is 0 Å². The Hall–Kier alpha value is -0.0800. The first-order valence-electron chi connectivity index (χ1n) is 5.79. The average Bonchev–Trinajstić information content (AvgIpc) is 2.39. The third-order valence-corrected chi connectivity index (χ3v) is 3.00. The van der Waals surface area contributed by atoms with Gasteiger partial charge < -0.3 is 5.32 Å². The van der Waals surface area contributed by atoms with Crippen molar-refractivity contribution in [3.63, 3.8) is 0 Å². The summed E-state index contributed by atoms with van der Waals surface area (Å²) >= 11 is 0. The third kappa shape index (κ3) is 3.65. The normalized spacial score (nSPS) is 25.8. The van der Waals surface area contributed by atoms with Crippen molar-refractivity contribution in [3.05, 3.63) is 0 Å². The van der Waals surface area contributed by atoms with Gasteiger partial charge in [-0.25, -0.2) is 0 Å². The van der Waals surface area contributed by atoms with Gasteiger partial charge in [-0.3, -0.25) is 4.90 Å². The maximum Gasteiger partial charge on any atom is 0.0594 e. The molecule has 0 bridgehead atoms. The highest BCUT2D eigenvalue weighted by molar-refractivity contribution is 4.71. The number of hydrogen-bond acceptors (Lipinski definition) is 2. The molecule has 1 aliphatic rings. The standard InChI is InChI=1S/C11H24N2/c1-3-4-9-13-10-7-5-6-8-11(13)12-2/h11-12H,3-10H2,1-2H3. The Morgan fingerprint density at radius 3 is 2.85 bits per heavy atom. The minimum Gasteiger partial charge on any atom is -0.305 e. The van der Waals surface area contributed by atoms with Crippen molar-refractivity contribution in [1.82, 2.24) is 10.2 Å². The number of unbranched alkanes of at least 4 members (excludes halogenated alkanes) is 1. The van der Waals surface area contributed by atoms with E-state index in [0.717, 1.165) is 0 Å². The SMILES string of the molecule is CCCCN1CCCCCC1NC. The molecule has 1 atom stereocenters. The van der Waals surface area contributed by atoms with Gasteiger partial charge >= 0.3 is 0 Å². The molecule has 78 valence electrons. The van der Waals surface area contributed by atoms with Gasteiger partial charge in [0.05, 0.1) is 6.17 Å². The second kappa shape index (κ2) is 6.39. The van der Waals surface area contributed by atoms with Gasteiger partial charge in [-0.15, -0.1) is 0 Å². The zero-order valence-electron chi connectivity index (χ0n) is 9.18. The van der Waals surface area contributed by atoms with Crippen LogP contribution in [0.2, 0.25) is 0 Å². The molecule has 2 nitrogen and oxygen atoms in total. The van der Waals surface area contributed by atoms with E-state index in [4.69, 9.17) is 0 Å². The van der Waals surface area contributed by atoms with Crippen LogP contribution in [0.15, 0.2) is 0 Å². The maximum atomic E-state index is 3.43. The predicted octanol–water partition coefficient (Wildman–Crippen LogP) is 2.21. The van der Waals surface area contributed by atoms with E-state index < -0.39 is 0 Å². The number of rotatable bonds is 4. The Bertz CT molecular complexity index is 125. The highest BCUT2D eigenvalue weighted by atomic mass is 15.3. The molecule has 1 unspecified atom stereocenters. The number of nitrogens with one attached hydrogen (secondary N) is 1. The van der Waals surface area contributed by atoms with E-state index in [2.05, 4.69) is 24.2 Å². The van der Waals surface area contributed by atoms with Gasteiger partial charge in [0, 0.05) is 0 Å². The number of hydrogen-bond donors (Lipinski definition) is 1. The van der Waals surface area contributed by atoms with Crippen LogP contribution in [0.5, 0.6) is 0 Å². The minimum absolute atomic E-state index is 0.647. The molecule has 1 rings (SSSR count). The van der Waals surface area contributed by atoms with Crippen molar-refractivity contribution in [2.75, 3.05) is 20.1 Å². The molecule has 0 aromatic rings. The average molecular weight is 184 g/mol. The van der Waals surface area contributed by atoms with Crippen LogP contribution in [0.25, 0.3) is 0 Å². The molecule has 13 heavy (non-hydrogen) atoms. The zero-order valence-corrected chi connectivity index (χ0v) is 9.18. The van der Waals surface area contributed by atoms with Crippen molar-refractivity contribution in [1.29, 1.82) is 0 Å². The zero-order chi connectivity index (χ0) is 9.52. The fourth-order valence-electron chi connectivity index (χ4n) is 2.12. The Balaban J connectivity index is 2.34. The summed E-state index contributed by atoms with van der Waals surface area (Å²) in [6.07, 6.45) is 8.84. The molecule has 0 amide bonds. The van der Waals surface area contributed by atoms with Crippen LogP contribution in [0, 0.1) is 0 Å². The van der Waals surface area contributed by atoms with Crippen LogP contribution >= 0.6 is 0 Å². The van der Waals surface area contributed by atoms with Crippen LogP contribution in [0.3, 0.4) is 0 Å². The Kier molecular flexibility index (Phi) is 5.40. The van der Waals surface area contributed by atoms with Gasteiger partial charge in [0.2, 0.25) is 0 Å². The van der Waals surface area contributed by atoms with Gasteiger partial charge in [0.15, 0.2) is 0 Å². The molecule has 1 heterocycles. The highest BCUT2D eigenvalue weighted by Crippen LogP contribution is 2.15. The lowest BCUT2D eigenvalue weighted by molar-refractivity contribution is 0.173. The Labute approximate surface area is 82.7 Å². The van der Waals surface area contributed by atoms with E-state index in [0.29, 0.717) is 6.17 Å². The van der Waals surface area contributed by atoms with E-state index in [1.54, 1.807) is 0 Å². The predicted molar refractivity (Wildman–Crippen MR) is 57.8 cm³/mol. The summed E-state index contributed by atoms with van der Waals surface area (Å²) in [5.41, 5.74) is 0. The summed E-state index contributed by atoms with van der Waals surface area (Å²) in [5, 5.41) is 3.43. The fourth-order valence-corrected chi connectivity index (χ4v) is 2.12. The molecule has 0 aliphatic carbocycles. The van der Waals surface area contributed by atoms with Crippen LogP contribution in [0.4, 0.5) is 0 Å². The first-order valence-corrected chi connectivity index (χ1v) is 5.79. The van der Waals surface area contributed by atoms with E-state index in [9.17, 15) is 0 Å². The molecule has 1 saturated heterocycles. The molecule has 0 radical (unpaired) electrons. The summed E-state index contributed by atoms with van der Waals surface area (Å²) in [7, 11) is 2.09. The molecule has 1 fully saturated rings. The fraction of sp³-hybridized carbons (Fsp3) is 1.00. The summed E-state index contributed by atoms with van der Waals surface area (Å²) in [5.74, 6) is 0. The molecular weight excluding hydrogens is 160 g/mol. The second-order valence-corrected chi connectivity index (χ2v) is 4.04. The van der Waals surface area contributed by atoms with Gasteiger partial charge in [-0.2, -0.15) is 0 Å². The topological polar surface area (TPSA) is 15.3 Å². The lowest BCUT2D eigenvalue weighted by Crippen LogP contribution is -2.43. The molecule has 1 N–H and O–H groups in total. The summed E-state index contributed by atoms with van der Waals surface area (Å²) in [6.45, 7) is 4.85. The largest absolute Gasteiger partial charge is 0.305 e. The van der Waals surface area contributed by atoms with Gasteiger partial charge in [0.25, 0.3) is 0 Å². The smallest absolute Gasteiger partial charge is 0.0594 e. The van der Waals surface area contributed by atoms with Crippen LogP contribution in [-0.2, 0) is 0 Å². The lowest BCUT2D eigenvalue weighted by Gasteiger charge is -2.29. The van der Waals surface area contributed by atoms with E-state index in [1.165, 1.54) is 51.6 Å². The third-order valence-electron chi connectivity index (χ3n) is 3.00. The molecule has 2 heteroatoms. The number of likely N-dealkylation sites (tertiary alicyclic amines) is 1. The molecular formula is C11H24N2. The molecule has 0 aromatic carbocycles. The van der Waals surface area contributed by atoms with E-state index in [-0.39, 0.29) is 0 Å². The van der Waals surface area contributed by atoms with Crippen LogP contribution in [0.1, 0.15) is 45.4 Å². The van der Waals surface area contributed by atoms with Crippen molar-refractivity contribution >= 4 is 0 Å². The van der Waals surface area contributed by atoms with Crippen LogP contribution in [-0.4, -0.2) is 31.2 Å². The summed E-state index contributed by atoms with van der Waals surface area (Å²) < 4.78 is 0. The van der Waals surface area contributed by atoms with Gasteiger partial charge in [-0.05, 0) is 39.4 Å². The van der Waals surface area contributed by atoms with Crippen molar-refractivity contribution in [2.45, 2.75) is 51.6 Å². The molecule has 0 aromatic heterocycles. The first kappa shape index (κ1) is 11.0. The van der Waals surface area contributed by atoms with Gasteiger partial charge in [-0.1, -0.05) is 26.2 Å². The van der Waals surface area contributed by atoms with E-state index >= 15 is 0 Å². The van der Waals surface area contributed by atoms with Crippen LogP contribution < -0.4 is 5.32 Å². The Morgan fingerprint density at radius 2 is 2.15 bits per heavy atom. The Morgan fingerprint density at radius 1 is 1.31 bits per heavy atom. The van der Waals surface area contributed by atoms with Gasteiger partial charge in [0.1, 0.15) is 0 Å².